The maximum Gasteiger partial charge on any atom is 0.198 e. The Morgan fingerprint density at radius 3 is 2.20 bits per heavy atom. The van der Waals surface area contributed by atoms with Gasteiger partial charge in [0.1, 0.15) is 0 Å². The zero-order valence-corrected chi connectivity index (χ0v) is 7.24. The summed E-state index contributed by atoms with van der Waals surface area (Å²) in [5.74, 6) is -6.72. The number of halogens is 4. The average Bonchev–Trinajstić information content (AvgIpc) is 2.67. The molecule has 6 heteroatoms. The second-order valence-electron chi connectivity index (χ2n) is 2.97. The van der Waals surface area contributed by atoms with Crippen molar-refractivity contribution < 1.29 is 22.7 Å². The zero-order chi connectivity index (χ0) is 11.2. The molecule has 0 fully saturated rings. The van der Waals surface area contributed by atoms with Crippen molar-refractivity contribution in [3.8, 4) is 0 Å². The maximum absolute atomic E-state index is 13.2. The zero-order valence-electron chi connectivity index (χ0n) is 7.24. The molecule has 2 aromatic rings. The summed E-state index contributed by atoms with van der Waals surface area (Å²) in [6.07, 6.45) is 0.974. The van der Waals surface area contributed by atoms with Crippen LogP contribution in [0.1, 0.15) is 5.69 Å². The van der Waals surface area contributed by atoms with Crippen LogP contribution in [-0.2, 0) is 6.61 Å². The van der Waals surface area contributed by atoms with Crippen molar-refractivity contribution in [3.63, 3.8) is 0 Å². The standard InChI is InChI=1S/C9H5F4NO/c10-6-3-1-14-4(2-15)5(3)7(11)9(13)8(6)12/h1,14-15H,2H2. The molecule has 2 rings (SSSR count). The maximum atomic E-state index is 13.2. The number of rotatable bonds is 1. The summed E-state index contributed by atoms with van der Waals surface area (Å²) in [4.78, 5) is 2.34. The summed E-state index contributed by atoms with van der Waals surface area (Å²) in [7, 11) is 0. The molecule has 80 valence electrons. The van der Waals surface area contributed by atoms with Crippen LogP contribution in [0, 0.1) is 23.3 Å². The summed E-state index contributed by atoms with van der Waals surface area (Å²) in [6.45, 7) is -0.620. The van der Waals surface area contributed by atoms with Gasteiger partial charge in [0, 0.05) is 17.0 Å². The van der Waals surface area contributed by atoms with Gasteiger partial charge in [0.15, 0.2) is 23.3 Å². The van der Waals surface area contributed by atoms with E-state index >= 15 is 0 Å². The van der Waals surface area contributed by atoms with Gasteiger partial charge in [0.2, 0.25) is 0 Å². The van der Waals surface area contributed by atoms with Crippen LogP contribution >= 0.6 is 0 Å². The first-order valence-corrected chi connectivity index (χ1v) is 4.00. The molecule has 15 heavy (non-hydrogen) atoms. The van der Waals surface area contributed by atoms with E-state index in [1.165, 1.54) is 0 Å². The number of fused-ring (bicyclic) bond motifs is 1. The van der Waals surface area contributed by atoms with Crippen LogP contribution in [0.25, 0.3) is 10.8 Å². The lowest BCUT2D eigenvalue weighted by atomic mass is 10.1. The molecule has 0 aliphatic carbocycles. The summed E-state index contributed by atoms with van der Waals surface area (Å²) in [5, 5.41) is 7.88. The summed E-state index contributed by atoms with van der Waals surface area (Å²) < 4.78 is 51.9. The lowest BCUT2D eigenvalue weighted by Crippen LogP contribution is -1.97. The van der Waals surface area contributed by atoms with Gasteiger partial charge in [-0.15, -0.1) is 0 Å². The quantitative estimate of drug-likeness (QED) is 0.430. The second-order valence-corrected chi connectivity index (χ2v) is 2.97. The normalized spacial score (nSPS) is 11.3. The van der Waals surface area contributed by atoms with Gasteiger partial charge in [-0.1, -0.05) is 0 Å². The molecule has 1 heterocycles. The molecular weight excluding hydrogens is 214 g/mol. The van der Waals surface area contributed by atoms with E-state index in [-0.39, 0.29) is 5.69 Å². The summed E-state index contributed by atoms with van der Waals surface area (Å²) in [5.41, 5.74) is -0.0969. The number of nitrogens with one attached hydrogen (secondary N) is 1. The van der Waals surface area contributed by atoms with E-state index in [0.717, 1.165) is 6.20 Å². The number of H-pyrrole nitrogens is 1. The van der Waals surface area contributed by atoms with E-state index < -0.39 is 40.6 Å². The van der Waals surface area contributed by atoms with Crippen molar-refractivity contribution in [1.29, 1.82) is 0 Å². The third-order valence-corrected chi connectivity index (χ3v) is 2.15. The lowest BCUT2D eigenvalue weighted by Gasteiger charge is -2.01. The van der Waals surface area contributed by atoms with Gasteiger partial charge >= 0.3 is 0 Å². The molecule has 0 saturated heterocycles. The SMILES string of the molecule is OCc1[nH]cc2c(F)c(F)c(F)c(F)c12. The van der Waals surface area contributed by atoms with Gasteiger partial charge < -0.3 is 10.1 Å². The summed E-state index contributed by atoms with van der Waals surface area (Å²) in [6, 6.07) is 0. The van der Waals surface area contributed by atoms with Gasteiger partial charge in [0.05, 0.1) is 12.3 Å². The Kier molecular flexibility index (Phi) is 2.15. The molecule has 2 N–H and O–H groups in total. The molecule has 0 saturated carbocycles. The van der Waals surface area contributed by atoms with Gasteiger partial charge in [-0.25, -0.2) is 17.6 Å². The highest BCUT2D eigenvalue weighted by Crippen LogP contribution is 2.29. The highest BCUT2D eigenvalue weighted by molar-refractivity contribution is 5.86. The number of hydrogen-bond donors (Lipinski definition) is 2. The summed E-state index contributed by atoms with van der Waals surface area (Å²) >= 11 is 0. The van der Waals surface area contributed by atoms with Crippen molar-refractivity contribution in [2.75, 3.05) is 0 Å². The highest BCUT2D eigenvalue weighted by Gasteiger charge is 2.22. The van der Waals surface area contributed by atoms with Crippen LogP contribution in [0.4, 0.5) is 17.6 Å². The van der Waals surface area contributed by atoms with Crippen molar-refractivity contribution in [3.05, 3.63) is 35.2 Å². The van der Waals surface area contributed by atoms with Crippen LogP contribution in [0.3, 0.4) is 0 Å². The monoisotopic (exact) mass is 219 g/mol. The molecule has 0 unspecified atom stereocenters. The molecular formula is C9H5F4NO. The third-order valence-electron chi connectivity index (χ3n) is 2.15. The van der Waals surface area contributed by atoms with E-state index in [0.29, 0.717) is 0 Å². The van der Waals surface area contributed by atoms with Crippen molar-refractivity contribution in [1.82, 2.24) is 4.98 Å². The number of aliphatic hydroxyl groups excluding tert-OH is 1. The van der Waals surface area contributed by atoms with Crippen molar-refractivity contribution in [2.45, 2.75) is 6.61 Å². The van der Waals surface area contributed by atoms with E-state index in [1.54, 1.807) is 0 Å². The lowest BCUT2D eigenvalue weighted by molar-refractivity contribution is 0.278. The minimum Gasteiger partial charge on any atom is -0.390 e. The second kappa shape index (κ2) is 3.23. The minimum atomic E-state index is -1.88. The van der Waals surface area contributed by atoms with Crippen molar-refractivity contribution in [2.24, 2.45) is 0 Å². The first-order chi connectivity index (χ1) is 7.07. The van der Waals surface area contributed by atoms with Crippen LogP contribution < -0.4 is 0 Å². The smallest absolute Gasteiger partial charge is 0.198 e. The molecule has 0 aliphatic heterocycles. The average molecular weight is 219 g/mol. The molecule has 2 nitrogen and oxygen atoms in total. The molecule has 1 aromatic carbocycles. The van der Waals surface area contributed by atoms with Crippen LogP contribution in [0.5, 0.6) is 0 Å². The third kappa shape index (κ3) is 1.21. The number of hydrogen-bond acceptors (Lipinski definition) is 1. The van der Waals surface area contributed by atoms with Crippen LogP contribution in [-0.4, -0.2) is 10.1 Å². The molecule has 0 atom stereocenters. The molecule has 0 bridgehead atoms. The molecule has 0 radical (unpaired) electrons. The molecule has 0 spiro atoms. The Hall–Kier alpha value is -1.56. The van der Waals surface area contributed by atoms with Crippen LogP contribution in [0.15, 0.2) is 6.20 Å². The Bertz CT molecular complexity index is 535. The number of benzene rings is 1. The van der Waals surface area contributed by atoms with Gasteiger partial charge in [-0.05, 0) is 0 Å². The van der Waals surface area contributed by atoms with E-state index in [1.807, 2.05) is 0 Å². The first-order valence-electron chi connectivity index (χ1n) is 4.00. The Morgan fingerprint density at radius 2 is 1.60 bits per heavy atom. The number of aromatic nitrogens is 1. The largest absolute Gasteiger partial charge is 0.390 e. The fourth-order valence-electron chi connectivity index (χ4n) is 1.44. The molecule has 0 aliphatic rings. The Balaban J connectivity index is 2.97. The fourth-order valence-corrected chi connectivity index (χ4v) is 1.44. The van der Waals surface area contributed by atoms with Gasteiger partial charge in [-0.2, -0.15) is 0 Å². The van der Waals surface area contributed by atoms with Crippen LogP contribution in [0.2, 0.25) is 0 Å². The number of aromatic amines is 1. The predicted octanol–water partition coefficient (Wildman–Crippen LogP) is 2.22. The Labute approximate surface area is 81.1 Å². The minimum absolute atomic E-state index is 0.0969. The number of aliphatic hydroxyl groups is 1. The topological polar surface area (TPSA) is 36.0 Å². The highest BCUT2D eigenvalue weighted by atomic mass is 19.2. The van der Waals surface area contributed by atoms with Gasteiger partial charge in [0.25, 0.3) is 0 Å². The molecule has 0 amide bonds. The Morgan fingerprint density at radius 1 is 1.00 bits per heavy atom. The van der Waals surface area contributed by atoms with E-state index in [4.69, 9.17) is 5.11 Å². The fraction of sp³-hybridized carbons (Fsp3) is 0.111. The van der Waals surface area contributed by atoms with E-state index in [2.05, 4.69) is 4.98 Å². The molecule has 1 aromatic heterocycles. The van der Waals surface area contributed by atoms with Gasteiger partial charge in [-0.3, -0.25) is 0 Å². The first kappa shape index (κ1) is 9.97. The van der Waals surface area contributed by atoms with E-state index in [9.17, 15) is 17.6 Å². The predicted molar refractivity (Wildman–Crippen MR) is 44.1 cm³/mol. The van der Waals surface area contributed by atoms with Crippen molar-refractivity contribution >= 4 is 10.8 Å².